The number of hydrogen-bond donors (Lipinski definition) is 0. The molecule has 1 aliphatic rings. The maximum atomic E-state index is 12.9. The van der Waals surface area contributed by atoms with Crippen molar-refractivity contribution in [2.24, 2.45) is 0 Å². The van der Waals surface area contributed by atoms with E-state index in [2.05, 4.69) is 0 Å². The van der Waals surface area contributed by atoms with Gasteiger partial charge < -0.3 is 14.2 Å². The zero-order valence-electron chi connectivity index (χ0n) is 19.8. The molecule has 1 amide bonds. The van der Waals surface area contributed by atoms with Crippen LogP contribution < -0.4 is 9.47 Å². The van der Waals surface area contributed by atoms with Crippen LogP contribution in [0, 0.1) is 0 Å². The highest BCUT2D eigenvalue weighted by Gasteiger charge is 2.31. The Morgan fingerprint density at radius 2 is 1.94 bits per heavy atom. The van der Waals surface area contributed by atoms with Gasteiger partial charge in [0.2, 0.25) is 0 Å². The minimum Gasteiger partial charge on any atom is -0.493 e. The molecule has 0 radical (unpaired) electrons. The van der Waals surface area contributed by atoms with Crippen LogP contribution in [0.1, 0.15) is 43.7 Å². The molecule has 6 nitrogen and oxygen atoms in total. The van der Waals surface area contributed by atoms with Crippen molar-refractivity contribution < 1.29 is 23.8 Å². The first kappa shape index (κ1) is 27.0. The zero-order valence-corrected chi connectivity index (χ0v) is 22.1. The van der Waals surface area contributed by atoms with E-state index in [1.54, 1.807) is 25.0 Å². The molecule has 2 aromatic rings. The molecule has 0 saturated carbocycles. The summed E-state index contributed by atoms with van der Waals surface area (Å²) in [4.78, 5) is 26.5. The van der Waals surface area contributed by atoms with Crippen LogP contribution >= 0.6 is 35.6 Å². The average molecular weight is 534 g/mol. The molecule has 0 N–H and O–H groups in total. The monoisotopic (exact) mass is 533 g/mol. The maximum Gasteiger partial charge on any atom is 0.305 e. The maximum absolute atomic E-state index is 12.9. The number of rotatable bonds is 12. The third kappa shape index (κ3) is 7.72. The van der Waals surface area contributed by atoms with Crippen LogP contribution in [-0.2, 0) is 20.9 Å². The molecule has 1 fully saturated rings. The summed E-state index contributed by atoms with van der Waals surface area (Å²) in [7, 11) is 1.57. The molecule has 0 atom stereocenters. The number of esters is 1. The van der Waals surface area contributed by atoms with E-state index in [9.17, 15) is 9.59 Å². The number of amides is 1. The van der Waals surface area contributed by atoms with Crippen molar-refractivity contribution in [2.75, 3.05) is 20.3 Å². The third-order valence-electron chi connectivity index (χ3n) is 5.27. The Morgan fingerprint density at radius 1 is 1.14 bits per heavy atom. The number of hydrogen-bond acceptors (Lipinski definition) is 7. The lowest BCUT2D eigenvalue weighted by Gasteiger charge is -2.14. The van der Waals surface area contributed by atoms with Gasteiger partial charge in [0.15, 0.2) is 11.5 Å². The van der Waals surface area contributed by atoms with Gasteiger partial charge in [0.05, 0.1) is 18.6 Å². The van der Waals surface area contributed by atoms with Crippen LogP contribution in [0.15, 0.2) is 47.4 Å². The number of methoxy groups -OCH3 is 1. The minimum absolute atomic E-state index is 0.108. The van der Waals surface area contributed by atoms with Crippen molar-refractivity contribution in [2.45, 2.75) is 39.2 Å². The quantitative estimate of drug-likeness (QED) is 0.138. The molecule has 3 rings (SSSR count). The lowest BCUT2D eigenvalue weighted by atomic mass is 10.1. The number of thiocarbonyl (C=S) groups is 1. The second-order valence-corrected chi connectivity index (χ2v) is 9.82. The number of nitrogens with zero attached hydrogens (tertiary/aromatic N) is 1. The normalized spacial score (nSPS) is 14.5. The molecule has 1 saturated heterocycles. The van der Waals surface area contributed by atoms with E-state index < -0.39 is 0 Å². The molecule has 0 aromatic heterocycles. The SMILES string of the molecule is CCOC(=O)CCCCCN1C(=O)/C(=C/c2ccc(OCc3ccccc3Cl)c(OC)c2)SC1=S. The van der Waals surface area contributed by atoms with E-state index >= 15 is 0 Å². The van der Waals surface area contributed by atoms with Crippen molar-refractivity contribution in [3.8, 4) is 11.5 Å². The standard InChI is InChI=1S/C26H28ClNO5S2/c1-3-32-24(29)11-5-4-8-14-28-25(30)23(35-26(28)34)16-18-12-13-21(22(15-18)31-2)33-17-19-9-6-7-10-20(19)27/h6-7,9-10,12-13,15-16H,3-5,8,11,14,17H2,1-2H3/b23-16-. The van der Waals surface area contributed by atoms with Gasteiger partial charge in [-0.1, -0.05) is 66.3 Å². The van der Waals surface area contributed by atoms with Gasteiger partial charge in [-0.15, -0.1) is 0 Å². The zero-order chi connectivity index (χ0) is 25.2. The summed E-state index contributed by atoms with van der Waals surface area (Å²) in [5, 5.41) is 0.643. The predicted molar refractivity (Wildman–Crippen MR) is 144 cm³/mol. The number of carbonyl (C=O) groups excluding carboxylic acids is 2. The van der Waals surface area contributed by atoms with Crippen LogP contribution in [0.5, 0.6) is 11.5 Å². The summed E-state index contributed by atoms with van der Waals surface area (Å²) < 4.78 is 16.9. The fourth-order valence-electron chi connectivity index (χ4n) is 3.46. The Kier molecular flexibility index (Phi) is 10.4. The Balaban J connectivity index is 1.58. The molecule has 0 bridgehead atoms. The summed E-state index contributed by atoms with van der Waals surface area (Å²) in [5.74, 6) is 0.850. The molecule has 0 aliphatic carbocycles. The molecule has 186 valence electrons. The van der Waals surface area contributed by atoms with Gasteiger partial charge in [-0.3, -0.25) is 14.5 Å². The highest BCUT2D eigenvalue weighted by atomic mass is 35.5. The van der Waals surface area contributed by atoms with Gasteiger partial charge in [0.1, 0.15) is 10.9 Å². The van der Waals surface area contributed by atoms with Gasteiger partial charge in [-0.2, -0.15) is 0 Å². The van der Waals surface area contributed by atoms with Crippen molar-refractivity contribution in [1.82, 2.24) is 4.90 Å². The number of ether oxygens (including phenoxy) is 3. The lowest BCUT2D eigenvalue weighted by molar-refractivity contribution is -0.143. The molecule has 0 unspecified atom stereocenters. The summed E-state index contributed by atoms with van der Waals surface area (Å²) in [6.07, 6.45) is 4.52. The van der Waals surface area contributed by atoms with Gasteiger partial charge >= 0.3 is 5.97 Å². The van der Waals surface area contributed by atoms with Crippen LogP contribution in [0.25, 0.3) is 6.08 Å². The minimum atomic E-state index is -0.184. The second kappa shape index (κ2) is 13.5. The molecule has 0 spiro atoms. The van der Waals surface area contributed by atoms with Gasteiger partial charge in [-0.25, -0.2) is 0 Å². The number of carbonyl (C=O) groups is 2. The molecule has 1 aliphatic heterocycles. The number of unbranched alkanes of at least 4 members (excludes halogenated alkanes) is 2. The summed E-state index contributed by atoms with van der Waals surface area (Å²) in [6.45, 7) is 3.03. The summed E-state index contributed by atoms with van der Waals surface area (Å²) in [5.41, 5.74) is 1.69. The first-order valence-electron chi connectivity index (χ1n) is 11.4. The van der Waals surface area contributed by atoms with Crippen molar-refractivity contribution in [3.63, 3.8) is 0 Å². The Hall–Kier alpha value is -2.55. The lowest BCUT2D eigenvalue weighted by Crippen LogP contribution is -2.29. The molecule has 35 heavy (non-hydrogen) atoms. The molecular formula is C26H28ClNO5S2. The van der Waals surface area contributed by atoms with Crippen molar-refractivity contribution >= 4 is 57.9 Å². The molecular weight excluding hydrogens is 506 g/mol. The van der Waals surface area contributed by atoms with Gasteiger partial charge in [0, 0.05) is 23.6 Å². The average Bonchev–Trinajstić information content (AvgIpc) is 3.11. The second-order valence-electron chi connectivity index (χ2n) is 7.74. The van der Waals surface area contributed by atoms with Gasteiger partial charge in [0.25, 0.3) is 5.91 Å². The Morgan fingerprint density at radius 3 is 2.69 bits per heavy atom. The van der Waals surface area contributed by atoms with Crippen LogP contribution in [0.3, 0.4) is 0 Å². The Bertz CT molecular complexity index is 1100. The fraction of sp³-hybridized carbons (Fsp3) is 0.346. The first-order valence-corrected chi connectivity index (χ1v) is 13.0. The van der Waals surface area contributed by atoms with Crippen LogP contribution in [0.2, 0.25) is 5.02 Å². The number of benzene rings is 2. The highest BCUT2D eigenvalue weighted by Crippen LogP contribution is 2.35. The largest absolute Gasteiger partial charge is 0.493 e. The first-order chi connectivity index (χ1) is 16.9. The third-order valence-corrected chi connectivity index (χ3v) is 7.01. The fourth-order valence-corrected chi connectivity index (χ4v) is 4.96. The Labute approximate surface area is 220 Å². The van der Waals surface area contributed by atoms with Crippen molar-refractivity contribution in [1.29, 1.82) is 0 Å². The van der Waals surface area contributed by atoms with E-state index in [0.717, 1.165) is 30.4 Å². The van der Waals surface area contributed by atoms with Crippen LogP contribution in [0.4, 0.5) is 0 Å². The number of halogens is 1. The van der Waals surface area contributed by atoms with E-state index in [0.29, 0.717) is 51.9 Å². The summed E-state index contributed by atoms with van der Waals surface area (Å²) >= 11 is 12.9. The number of thioether (sulfide) groups is 1. The van der Waals surface area contributed by atoms with E-state index in [-0.39, 0.29) is 11.9 Å². The highest BCUT2D eigenvalue weighted by molar-refractivity contribution is 8.26. The van der Waals surface area contributed by atoms with E-state index in [1.165, 1.54) is 11.8 Å². The predicted octanol–water partition coefficient (Wildman–Crippen LogP) is 6.25. The van der Waals surface area contributed by atoms with E-state index in [1.807, 2.05) is 42.5 Å². The van der Waals surface area contributed by atoms with Crippen molar-refractivity contribution in [3.05, 3.63) is 63.5 Å². The molecule has 1 heterocycles. The molecule has 9 heteroatoms. The van der Waals surface area contributed by atoms with Crippen LogP contribution in [-0.4, -0.2) is 41.4 Å². The molecule has 2 aromatic carbocycles. The smallest absolute Gasteiger partial charge is 0.305 e. The topological polar surface area (TPSA) is 65.1 Å². The summed E-state index contributed by atoms with van der Waals surface area (Å²) in [6, 6.07) is 13.0. The van der Waals surface area contributed by atoms with Gasteiger partial charge in [-0.05, 0) is 49.6 Å². The van der Waals surface area contributed by atoms with E-state index in [4.69, 9.17) is 38.0 Å².